The molecule has 0 radical (unpaired) electrons. The van der Waals surface area contributed by atoms with Crippen LogP contribution in [0.5, 0.6) is 0 Å². The molecule has 0 unspecified atom stereocenters. The summed E-state index contributed by atoms with van der Waals surface area (Å²) >= 11 is 0. The van der Waals surface area contributed by atoms with E-state index >= 15 is 0 Å². The molecule has 0 aliphatic rings. The van der Waals surface area contributed by atoms with Crippen molar-refractivity contribution >= 4 is 22.8 Å². The first kappa shape index (κ1) is 15.9. The van der Waals surface area contributed by atoms with Crippen LogP contribution in [0.1, 0.15) is 12.6 Å². The van der Waals surface area contributed by atoms with E-state index in [0.717, 1.165) is 16.7 Å². The number of aryl methyl sites for hydroxylation is 2. The van der Waals surface area contributed by atoms with Crippen LogP contribution in [0.3, 0.4) is 0 Å². The molecule has 0 aromatic carbocycles. The molecule has 0 aliphatic carbocycles. The molecule has 3 aromatic rings. The zero-order valence-electron chi connectivity index (χ0n) is 13.9. The number of rotatable bonds is 5. The Morgan fingerprint density at radius 1 is 1.25 bits per heavy atom. The molecule has 124 valence electrons. The minimum Gasteiger partial charge on any atom is -0.368 e. The molecule has 0 fully saturated rings. The number of anilines is 1. The fraction of sp³-hybridized carbons (Fsp3) is 0.312. The molecule has 3 heterocycles. The van der Waals surface area contributed by atoms with Gasteiger partial charge in [0.1, 0.15) is 11.5 Å². The molecule has 3 rings (SSSR count). The van der Waals surface area contributed by atoms with Crippen molar-refractivity contribution in [2.24, 2.45) is 7.05 Å². The quantitative estimate of drug-likeness (QED) is 0.686. The lowest BCUT2D eigenvalue weighted by atomic mass is 10.2. The third-order valence-corrected chi connectivity index (χ3v) is 3.54. The highest BCUT2D eigenvalue weighted by molar-refractivity contribution is 5.90. The Kier molecular flexibility index (Phi) is 4.37. The third-order valence-electron chi connectivity index (χ3n) is 3.54. The standard InChI is InChI=1S/C16H19N7O/c1-10-13-15(19-9-8-17-11(2)24)20-14(12-6-4-5-7-18-12)21-16(13)23(3)22-10/h4-7H,8-9H2,1-3H3,(H,17,24)(H,19,20,21). The van der Waals surface area contributed by atoms with Gasteiger partial charge in [-0.1, -0.05) is 6.07 Å². The molecule has 1 amide bonds. The van der Waals surface area contributed by atoms with Crippen molar-refractivity contribution in [1.82, 2.24) is 30.0 Å². The van der Waals surface area contributed by atoms with Gasteiger partial charge in [-0.05, 0) is 19.1 Å². The van der Waals surface area contributed by atoms with Crippen LogP contribution in [0.25, 0.3) is 22.6 Å². The van der Waals surface area contributed by atoms with Crippen LogP contribution >= 0.6 is 0 Å². The fourth-order valence-corrected chi connectivity index (χ4v) is 2.50. The molecule has 8 nitrogen and oxygen atoms in total. The minimum absolute atomic E-state index is 0.0589. The average molecular weight is 325 g/mol. The number of hydrogen-bond donors (Lipinski definition) is 2. The number of aromatic nitrogens is 5. The van der Waals surface area contributed by atoms with Gasteiger partial charge in [-0.25, -0.2) is 9.97 Å². The first-order valence-corrected chi connectivity index (χ1v) is 7.67. The zero-order valence-corrected chi connectivity index (χ0v) is 13.9. The summed E-state index contributed by atoms with van der Waals surface area (Å²) in [5.41, 5.74) is 2.29. The van der Waals surface area contributed by atoms with E-state index in [2.05, 4.69) is 30.7 Å². The van der Waals surface area contributed by atoms with Crippen molar-refractivity contribution in [3.63, 3.8) is 0 Å². The van der Waals surface area contributed by atoms with E-state index in [0.29, 0.717) is 30.4 Å². The zero-order chi connectivity index (χ0) is 17.1. The number of fused-ring (bicyclic) bond motifs is 1. The Morgan fingerprint density at radius 3 is 2.79 bits per heavy atom. The van der Waals surface area contributed by atoms with Gasteiger partial charge in [0, 0.05) is 33.3 Å². The van der Waals surface area contributed by atoms with Gasteiger partial charge in [0.15, 0.2) is 11.5 Å². The van der Waals surface area contributed by atoms with Crippen molar-refractivity contribution in [2.75, 3.05) is 18.4 Å². The number of pyridine rings is 1. The molecular formula is C16H19N7O. The summed E-state index contributed by atoms with van der Waals surface area (Å²) < 4.78 is 1.73. The summed E-state index contributed by atoms with van der Waals surface area (Å²) in [5, 5.41) is 11.3. The van der Waals surface area contributed by atoms with Gasteiger partial charge in [0.25, 0.3) is 0 Å². The van der Waals surface area contributed by atoms with Gasteiger partial charge in [0.2, 0.25) is 5.91 Å². The molecule has 0 bridgehead atoms. The molecular weight excluding hydrogens is 306 g/mol. The van der Waals surface area contributed by atoms with Gasteiger partial charge in [0.05, 0.1) is 11.1 Å². The SMILES string of the molecule is CC(=O)NCCNc1nc(-c2ccccn2)nc2c1c(C)nn2C. The number of amides is 1. The topological polar surface area (TPSA) is 97.6 Å². The lowest BCUT2D eigenvalue weighted by Gasteiger charge is -2.09. The minimum atomic E-state index is -0.0589. The van der Waals surface area contributed by atoms with E-state index in [-0.39, 0.29) is 5.91 Å². The van der Waals surface area contributed by atoms with Crippen LogP contribution in [0.4, 0.5) is 5.82 Å². The van der Waals surface area contributed by atoms with E-state index in [4.69, 9.17) is 0 Å². The molecule has 0 atom stereocenters. The van der Waals surface area contributed by atoms with Gasteiger partial charge in [-0.3, -0.25) is 14.5 Å². The van der Waals surface area contributed by atoms with Crippen molar-refractivity contribution in [2.45, 2.75) is 13.8 Å². The van der Waals surface area contributed by atoms with Crippen LogP contribution in [0, 0.1) is 6.92 Å². The van der Waals surface area contributed by atoms with E-state index in [1.54, 1.807) is 10.9 Å². The normalized spacial score (nSPS) is 10.8. The van der Waals surface area contributed by atoms with Crippen molar-refractivity contribution in [3.8, 4) is 11.5 Å². The summed E-state index contributed by atoms with van der Waals surface area (Å²) in [7, 11) is 1.85. The number of hydrogen-bond acceptors (Lipinski definition) is 6. The maximum absolute atomic E-state index is 11.0. The second-order valence-electron chi connectivity index (χ2n) is 5.43. The molecule has 8 heteroatoms. The van der Waals surface area contributed by atoms with Crippen LogP contribution in [0.2, 0.25) is 0 Å². The number of nitrogens with zero attached hydrogens (tertiary/aromatic N) is 5. The molecule has 0 spiro atoms. The first-order valence-electron chi connectivity index (χ1n) is 7.67. The van der Waals surface area contributed by atoms with Crippen molar-refractivity contribution < 1.29 is 4.79 Å². The fourth-order valence-electron chi connectivity index (χ4n) is 2.50. The van der Waals surface area contributed by atoms with Crippen LogP contribution in [-0.2, 0) is 11.8 Å². The Hall–Kier alpha value is -3.03. The Morgan fingerprint density at radius 2 is 2.08 bits per heavy atom. The predicted octanol–water partition coefficient (Wildman–Crippen LogP) is 1.28. The summed E-state index contributed by atoms with van der Waals surface area (Å²) in [6, 6.07) is 5.61. The second kappa shape index (κ2) is 6.61. The highest BCUT2D eigenvalue weighted by Crippen LogP contribution is 2.26. The molecule has 3 aromatic heterocycles. The second-order valence-corrected chi connectivity index (χ2v) is 5.43. The molecule has 24 heavy (non-hydrogen) atoms. The van der Waals surface area contributed by atoms with E-state index in [1.165, 1.54) is 6.92 Å². The predicted molar refractivity (Wildman–Crippen MR) is 91.4 cm³/mol. The molecule has 0 aliphatic heterocycles. The first-order chi connectivity index (χ1) is 11.6. The van der Waals surface area contributed by atoms with Gasteiger partial charge < -0.3 is 10.6 Å². The lowest BCUT2D eigenvalue weighted by Crippen LogP contribution is -2.26. The van der Waals surface area contributed by atoms with E-state index in [9.17, 15) is 4.79 Å². The van der Waals surface area contributed by atoms with E-state index < -0.39 is 0 Å². The highest BCUT2D eigenvalue weighted by Gasteiger charge is 2.16. The maximum Gasteiger partial charge on any atom is 0.216 e. The number of nitrogens with one attached hydrogen (secondary N) is 2. The Balaban J connectivity index is 2.00. The summed E-state index contributed by atoms with van der Waals surface area (Å²) in [4.78, 5) is 24.5. The highest BCUT2D eigenvalue weighted by atomic mass is 16.1. The van der Waals surface area contributed by atoms with Crippen LogP contribution < -0.4 is 10.6 Å². The summed E-state index contributed by atoms with van der Waals surface area (Å²) in [6.45, 7) is 4.49. The summed E-state index contributed by atoms with van der Waals surface area (Å²) in [5.74, 6) is 1.17. The maximum atomic E-state index is 11.0. The lowest BCUT2D eigenvalue weighted by molar-refractivity contribution is -0.118. The van der Waals surface area contributed by atoms with Crippen molar-refractivity contribution in [3.05, 3.63) is 30.1 Å². The smallest absolute Gasteiger partial charge is 0.216 e. The molecule has 0 saturated heterocycles. The van der Waals surface area contributed by atoms with Crippen LogP contribution in [0.15, 0.2) is 24.4 Å². The van der Waals surface area contributed by atoms with Gasteiger partial charge >= 0.3 is 0 Å². The summed E-state index contributed by atoms with van der Waals surface area (Å²) in [6.07, 6.45) is 1.71. The van der Waals surface area contributed by atoms with Gasteiger partial charge in [-0.15, -0.1) is 0 Å². The average Bonchev–Trinajstić information content (AvgIpc) is 2.86. The number of carbonyl (C=O) groups excluding carboxylic acids is 1. The molecule has 0 saturated carbocycles. The van der Waals surface area contributed by atoms with Crippen LogP contribution in [-0.4, -0.2) is 43.7 Å². The van der Waals surface area contributed by atoms with Gasteiger partial charge in [-0.2, -0.15) is 5.10 Å². The van der Waals surface area contributed by atoms with Crippen molar-refractivity contribution in [1.29, 1.82) is 0 Å². The molecule has 2 N–H and O–H groups in total. The largest absolute Gasteiger partial charge is 0.368 e. The Labute approximate surface area is 139 Å². The number of carbonyl (C=O) groups is 1. The third kappa shape index (κ3) is 3.17. The van der Waals surface area contributed by atoms with E-state index in [1.807, 2.05) is 32.2 Å². The Bertz CT molecular complexity index is 873. The monoisotopic (exact) mass is 325 g/mol.